The topological polar surface area (TPSA) is 128 Å². The van der Waals surface area contributed by atoms with Gasteiger partial charge in [-0.2, -0.15) is 0 Å². The molecule has 0 aromatic heterocycles. The zero-order valence-electron chi connectivity index (χ0n) is 11.1. The minimum Gasteiger partial charge on any atom is -0.467 e. The average molecular weight is 298 g/mol. The number of hydrogen-bond acceptors (Lipinski definition) is 7. The lowest BCUT2D eigenvalue weighted by atomic mass is 10.2. The number of nitrogens with zero attached hydrogens (tertiary/aromatic N) is 1. The molecule has 0 radical (unpaired) electrons. The molecule has 21 heavy (non-hydrogen) atoms. The molecule has 0 spiro atoms. The molecule has 1 rings (SSSR count). The number of carbonyl (C=O) groups is 2. The molecule has 9 heteroatoms. The molecule has 0 aliphatic carbocycles. The summed E-state index contributed by atoms with van der Waals surface area (Å²) in [6.07, 6.45) is -0.919. The lowest BCUT2D eigenvalue weighted by Gasteiger charge is -2.13. The van der Waals surface area contributed by atoms with Crippen LogP contribution in [0.25, 0.3) is 0 Å². The number of amides is 1. The van der Waals surface area contributed by atoms with Crippen LogP contribution < -0.4 is 5.32 Å². The van der Waals surface area contributed by atoms with Crippen molar-refractivity contribution in [1.29, 1.82) is 0 Å². The first-order chi connectivity index (χ1) is 9.97. The molecule has 1 amide bonds. The van der Waals surface area contributed by atoms with E-state index in [2.05, 4.69) is 10.1 Å². The highest BCUT2D eigenvalue weighted by molar-refractivity contribution is 5.81. The van der Waals surface area contributed by atoms with Gasteiger partial charge in [0.1, 0.15) is 6.61 Å². The number of alkyl carbamates (subject to hydrolysis) is 1. The SMILES string of the molecule is COC(=O)C(CO)NC(=O)OCc1ccc([N+](=O)[O-])cc1. The van der Waals surface area contributed by atoms with Gasteiger partial charge in [0.15, 0.2) is 6.04 Å². The van der Waals surface area contributed by atoms with Crippen LogP contribution in [0.4, 0.5) is 10.5 Å². The molecule has 0 saturated heterocycles. The largest absolute Gasteiger partial charge is 0.467 e. The third-order valence-electron chi connectivity index (χ3n) is 2.48. The molecule has 0 bridgehead atoms. The van der Waals surface area contributed by atoms with Crippen LogP contribution in [0.5, 0.6) is 0 Å². The number of carbonyl (C=O) groups excluding carboxylic acids is 2. The Hall–Kier alpha value is -2.68. The van der Waals surface area contributed by atoms with E-state index >= 15 is 0 Å². The first-order valence-electron chi connectivity index (χ1n) is 5.83. The van der Waals surface area contributed by atoms with E-state index in [0.717, 1.165) is 7.11 Å². The minimum atomic E-state index is -1.21. The van der Waals surface area contributed by atoms with Crippen molar-refractivity contribution in [2.75, 3.05) is 13.7 Å². The fourth-order valence-electron chi connectivity index (χ4n) is 1.37. The van der Waals surface area contributed by atoms with Crippen LogP contribution in [0.1, 0.15) is 5.56 Å². The van der Waals surface area contributed by atoms with Crippen LogP contribution in [0.3, 0.4) is 0 Å². The average Bonchev–Trinajstić information content (AvgIpc) is 2.50. The van der Waals surface area contributed by atoms with Crippen molar-refractivity contribution in [1.82, 2.24) is 5.32 Å². The third-order valence-corrected chi connectivity index (χ3v) is 2.48. The molecule has 1 aromatic rings. The van der Waals surface area contributed by atoms with Gasteiger partial charge in [-0.1, -0.05) is 0 Å². The number of rotatable bonds is 6. The monoisotopic (exact) mass is 298 g/mol. The molecule has 1 aromatic carbocycles. The molecular formula is C12H14N2O7. The Labute approximate surface area is 119 Å². The third kappa shape index (κ3) is 5.07. The summed E-state index contributed by atoms with van der Waals surface area (Å²) in [5, 5.41) is 21.5. The normalized spacial score (nSPS) is 11.3. The smallest absolute Gasteiger partial charge is 0.408 e. The van der Waals surface area contributed by atoms with Gasteiger partial charge in [-0.3, -0.25) is 10.1 Å². The standard InChI is InChI=1S/C12H14N2O7/c1-20-11(16)10(6-15)13-12(17)21-7-8-2-4-9(5-3-8)14(18)19/h2-5,10,15H,6-7H2,1H3,(H,13,17). The van der Waals surface area contributed by atoms with E-state index in [4.69, 9.17) is 9.84 Å². The van der Waals surface area contributed by atoms with E-state index in [-0.39, 0.29) is 12.3 Å². The second-order valence-electron chi connectivity index (χ2n) is 3.90. The minimum absolute atomic E-state index is 0.0748. The molecule has 1 unspecified atom stereocenters. The summed E-state index contributed by atoms with van der Waals surface area (Å²) in [5.41, 5.74) is 0.462. The zero-order chi connectivity index (χ0) is 15.8. The van der Waals surface area contributed by atoms with Crippen LogP contribution in [-0.4, -0.2) is 41.9 Å². The predicted octanol–water partition coefficient (Wildman–Crippen LogP) is 0.355. The molecule has 0 saturated carbocycles. The number of nitro groups is 1. The van der Waals surface area contributed by atoms with Crippen molar-refractivity contribution < 1.29 is 29.1 Å². The van der Waals surface area contributed by atoms with Crippen LogP contribution in [-0.2, 0) is 20.9 Å². The fourth-order valence-corrected chi connectivity index (χ4v) is 1.37. The Balaban J connectivity index is 2.49. The predicted molar refractivity (Wildman–Crippen MR) is 69.3 cm³/mol. The molecule has 0 aliphatic rings. The first-order valence-corrected chi connectivity index (χ1v) is 5.83. The maximum absolute atomic E-state index is 11.4. The number of benzene rings is 1. The Morgan fingerprint density at radius 1 is 1.38 bits per heavy atom. The van der Waals surface area contributed by atoms with Crippen LogP contribution in [0.15, 0.2) is 24.3 Å². The van der Waals surface area contributed by atoms with Crippen LogP contribution in [0.2, 0.25) is 0 Å². The summed E-state index contributed by atoms with van der Waals surface area (Å²) in [6, 6.07) is 4.23. The molecule has 114 valence electrons. The first kappa shape index (κ1) is 16.4. The summed E-state index contributed by atoms with van der Waals surface area (Å²) in [6.45, 7) is -0.761. The van der Waals surface area contributed by atoms with Gasteiger partial charge in [-0.15, -0.1) is 0 Å². The Bertz CT molecular complexity index is 515. The van der Waals surface area contributed by atoms with Gasteiger partial charge in [0.25, 0.3) is 5.69 Å². The van der Waals surface area contributed by atoms with E-state index in [0.29, 0.717) is 5.56 Å². The summed E-state index contributed by atoms with van der Waals surface area (Å²) in [7, 11) is 1.12. The highest BCUT2D eigenvalue weighted by atomic mass is 16.6. The Morgan fingerprint density at radius 2 is 2.00 bits per heavy atom. The lowest BCUT2D eigenvalue weighted by molar-refractivity contribution is -0.384. The number of esters is 1. The summed E-state index contributed by atoms with van der Waals surface area (Å²) >= 11 is 0. The van der Waals surface area contributed by atoms with E-state index in [1.807, 2.05) is 0 Å². The van der Waals surface area contributed by atoms with Crippen molar-refractivity contribution in [2.45, 2.75) is 12.6 Å². The second kappa shape index (κ2) is 7.80. The van der Waals surface area contributed by atoms with Crippen molar-refractivity contribution >= 4 is 17.7 Å². The van der Waals surface area contributed by atoms with E-state index in [9.17, 15) is 19.7 Å². The van der Waals surface area contributed by atoms with Crippen LogP contribution in [0, 0.1) is 10.1 Å². The summed E-state index contributed by atoms with van der Waals surface area (Å²) in [4.78, 5) is 32.5. The zero-order valence-corrected chi connectivity index (χ0v) is 11.1. The molecular weight excluding hydrogens is 284 g/mol. The van der Waals surface area contributed by atoms with E-state index < -0.39 is 29.6 Å². The molecule has 1 atom stereocenters. The van der Waals surface area contributed by atoms with Crippen molar-refractivity contribution in [3.8, 4) is 0 Å². The van der Waals surface area contributed by atoms with Crippen LogP contribution >= 0.6 is 0 Å². The number of aliphatic hydroxyl groups is 1. The van der Waals surface area contributed by atoms with Gasteiger partial charge >= 0.3 is 12.1 Å². The number of methoxy groups -OCH3 is 1. The van der Waals surface area contributed by atoms with Gasteiger partial charge in [0.2, 0.25) is 0 Å². The summed E-state index contributed by atoms with van der Waals surface area (Å²) in [5.74, 6) is -0.801. The molecule has 0 fully saturated rings. The Kier molecular flexibility index (Phi) is 6.08. The van der Waals surface area contributed by atoms with Gasteiger partial charge < -0.3 is 19.9 Å². The number of ether oxygens (including phenoxy) is 2. The van der Waals surface area contributed by atoms with Crippen molar-refractivity contribution in [3.05, 3.63) is 39.9 Å². The molecule has 9 nitrogen and oxygen atoms in total. The van der Waals surface area contributed by atoms with Gasteiger partial charge in [0, 0.05) is 12.1 Å². The molecule has 0 aliphatic heterocycles. The number of non-ortho nitro benzene ring substituents is 1. The lowest BCUT2D eigenvalue weighted by Crippen LogP contribution is -2.44. The highest BCUT2D eigenvalue weighted by Crippen LogP contribution is 2.12. The van der Waals surface area contributed by atoms with Gasteiger partial charge in [-0.05, 0) is 17.7 Å². The number of nitrogens with one attached hydrogen (secondary N) is 1. The number of hydrogen-bond donors (Lipinski definition) is 2. The molecule has 2 N–H and O–H groups in total. The fraction of sp³-hybridized carbons (Fsp3) is 0.333. The number of nitro benzene ring substituents is 1. The molecule has 0 heterocycles. The van der Waals surface area contributed by atoms with Gasteiger partial charge in [-0.25, -0.2) is 9.59 Å². The Morgan fingerprint density at radius 3 is 2.48 bits per heavy atom. The van der Waals surface area contributed by atoms with Gasteiger partial charge in [0.05, 0.1) is 18.6 Å². The maximum atomic E-state index is 11.4. The van der Waals surface area contributed by atoms with Crippen molar-refractivity contribution in [2.24, 2.45) is 0 Å². The van der Waals surface area contributed by atoms with Crippen molar-refractivity contribution in [3.63, 3.8) is 0 Å². The van der Waals surface area contributed by atoms with E-state index in [1.165, 1.54) is 24.3 Å². The second-order valence-corrected chi connectivity index (χ2v) is 3.90. The quantitative estimate of drug-likeness (QED) is 0.440. The maximum Gasteiger partial charge on any atom is 0.408 e. The summed E-state index contributed by atoms with van der Waals surface area (Å²) < 4.78 is 9.19. The highest BCUT2D eigenvalue weighted by Gasteiger charge is 2.21. The van der Waals surface area contributed by atoms with E-state index in [1.54, 1.807) is 0 Å². The number of aliphatic hydroxyl groups excluding tert-OH is 1.